The summed E-state index contributed by atoms with van der Waals surface area (Å²) in [5, 5.41) is 18.4. The number of hydrogen-bond donors (Lipinski definition) is 3. The minimum absolute atomic E-state index is 0.00951. The van der Waals surface area contributed by atoms with Crippen LogP contribution >= 0.6 is 0 Å². The molecule has 0 atom stereocenters. The monoisotopic (exact) mass is 401 g/mol. The molecule has 0 fully saturated rings. The predicted molar refractivity (Wildman–Crippen MR) is 105 cm³/mol. The summed E-state index contributed by atoms with van der Waals surface area (Å²) in [7, 11) is -3.82. The van der Waals surface area contributed by atoms with Gasteiger partial charge in [0.15, 0.2) is 11.5 Å². The molecule has 0 saturated heterocycles. The van der Waals surface area contributed by atoms with E-state index in [0.29, 0.717) is 34.2 Å². The molecule has 4 N–H and O–H groups in total. The summed E-state index contributed by atoms with van der Waals surface area (Å²) < 4.78 is 29.3. The van der Waals surface area contributed by atoms with Crippen molar-refractivity contribution < 1.29 is 18.3 Å². The number of aromatic nitrogens is 2. The number of benzene rings is 2. The van der Waals surface area contributed by atoms with E-state index in [-0.39, 0.29) is 16.2 Å². The van der Waals surface area contributed by atoms with Gasteiger partial charge in [0.2, 0.25) is 10.0 Å². The minimum atomic E-state index is -3.82. The summed E-state index contributed by atoms with van der Waals surface area (Å²) in [6, 6.07) is 10.3. The Kier molecular flexibility index (Phi) is 5.12. The van der Waals surface area contributed by atoms with Crippen LogP contribution in [0.25, 0.3) is 18.3 Å². The number of nitrogens with zero attached hydrogens (tertiary/aromatic N) is 1. The number of aromatic hydroxyl groups is 1. The normalized spacial score (nSPS) is 12.3. The molecule has 8 nitrogen and oxygen atoms in total. The highest BCUT2D eigenvalue weighted by Crippen LogP contribution is 2.26. The van der Waals surface area contributed by atoms with Gasteiger partial charge in [-0.3, -0.25) is 9.89 Å². The number of sulfonamides is 1. The molecule has 3 aromatic rings. The zero-order valence-corrected chi connectivity index (χ0v) is 15.9. The van der Waals surface area contributed by atoms with E-state index in [0.717, 1.165) is 0 Å². The van der Waals surface area contributed by atoms with Crippen molar-refractivity contribution in [2.75, 3.05) is 6.61 Å². The van der Waals surface area contributed by atoms with E-state index < -0.39 is 10.0 Å². The largest absolute Gasteiger partial charge is 0.504 e. The number of ether oxygens (including phenoxy) is 1. The molecular formula is C19H19N3O5S. The van der Waals surface area contributed by atoms with Gasteiger partial charge in [0.25, 0.3) is 5.56 Å². The SMILES string of the molecule is C=c1[nH]n(-c2ccc(S(N)(=O)=O)cc2)c(=O)/c1=C/c1ccc(O)c(OCC)c1. The van der Waals surface area contributed by atoms with Crippen molar-refractivity contribution in [3.05, 3.63) is 68.9 Å². The Bertz CT molecular complexity index is 1290. The van der Waals surface area contributed by atoms with Gasteiger partial charge >= 0.3 is 0 Å². The summed E-state index contributed by atoms with van der Waals surface area (Å²) in [6.07, 6.45) is 1.62. The van der Waals surface area contributed by atoms with E-state index >= 15 is 0 Å². The Morgan fingerprint density at radius 2 is 1.93 bits per heavy atom. The molecule has 1 heterocycles. The van der Waals surface area contributed by atoms with Crippen LogP contribution in [0.3, 0.4) is 0 Å². The van der Waals surface area contributed by atoms with Gasteiger partial charge in [-0.2, -0.15) is 0 Å². The third-order valence-corrected chi connectivity index (χ3v) is 4.95. The molecule has 2 aromatic carbocycles. The first-order valence-electron chi connectivity index (χ1n) is 8.31. The van der Waals surface area contributed by atoms with E-state index in [4.69, 9.17) is 9.88 Å². The molecule has 0 aliphatic carbocycles. The average Bonchev–Trinajstić information content (AvgIpc) is 2.92. The van der Waals surface area contributed by atoms with Gasteiger partial charge in [-0.1, -0.05) is 12.6 Å². The summed E-state index contributed by atoms with van der Waals surface area (Å²) in [5.41, 5.74) is 0.723. The van der Waals surface area contributed by atoms with Crippen LogP contribution in [-0.2, 0) is 10.0 Å². The number of nitrogens with one attached hydrogen (secondary N) is 1. The number of hydrogen-bond acceptors (Lipinski definition) is 5. The Labute approximate surface area is 160 Å². The number of aromatic amines is 1. The summed E-state index contributed by atoms with van der Waals surface area (Å²) in [5.74, 6) is 0.326. The zero-order valence-electron chi connectivity index (χ0n) is 15.0. The number of nitrogens with two attached hydrogens (primary N) is 1. The number of phenolic OH excluding ortho intramolecular Hbond substituents is 1. The van der Waals surface area contributed by atoms with E-state index in [9.17, 15) is 18.3 Å². The maximum atomic E-state index is 12.8. The lowest BCUT2D eigenvalue weighted by atomic mass is 10.1. The summed E-state index contributed by atoms with van der Waals surface area (Å²) in [4.78, 5) is 12.7. The maximum absolute atomic E-state index is 12.8. The van der Waals surface area contributed by atoms with Crippen molar-refractivity contribution in [2.24, 2.45) is 5.14 Å². The van der Waals surface area contributed by atoms with Crippen LogP contribution in [0, 0.1) is 0 Å². The smallest absolute Gasteiger partial charge is 0.279 e. The van der Waals surface area contributed by atoms with E-state index in [1.165, 1.54) is 35.0 Å². The summed E-state index contributed by atoms with van der Waals surface area (Å²) >= 11 is 0. The fourth-order valence-corrected chi connectivity index (χ4v) is 3.18. The first-order valence-corrected chi connectivity index (χ1v) is 9.86. The van der Waals surface area contributed by atoms with Crippen molar-refractivity contribution in [1.29, 1.82) is 0 Å². The van der Waals surface area contributed by atoms with Crippen LogP contribution < -0.4 is 26.0 Å². The molecule has 0 amide bonds. The third-order valence-electron chi connectivity index (χ3n) is 4.02. The van der Waals surface area contributed by atoms with Crippen LogP contribution in [0.5, 0.6) is 11.5 Å². The predicted octanol–water partition coefficient (Wildman–Crippen LogP) is 0.156. The zero-order chi connectivity index (χ0) is 20.5. The van der Waals surface area contributed by atoms with Crippen molar-refractivity contribution in [3.63, 3.8) is 0 Å². The van der Waals surface area contributed by atoms with Gasteiger partial charge in [-0.05, 0) is 55.0 Å². The van der Waals surface area contributed by atoms with Crippen LogP contribution in [0.1, 0.15) is 12.5 Å². The lowest BCUT2D eigenvalue weighted by Crippen LogP contribution is -2.33. The average molecular weight is 401 g/mol. The second-order valence-electron chi connectivity index (χ2n) is 5.99. The van der Waals surface area contributed by atoms with Gasteiger partial charge in [-0.15, -0.1) is 0 Å². The van der Waals surface area contributed by atoms with E-state index in [1.807, 2.05) is 0 Å². The fraction of sp³-hybridized carbons (Fsp3) is 0.105. The topological polar surface area (TPSA) is 127 Å². The van der Waals surface area contributed by atoms with Crippen LogP contribution in [0.15, 0.2) is 52.2 Å². The second kappa shape index (κ2) is 7.37. The van der Waals surface area contributed by atoms with E-state index in [1.54, 1.807) is 25.1 Å². The quantitative estimate of drug-likeness (QED) is 0.561. The molecule has 0 radical (unpaired) electrons. The van der Waals surface area contributed by atoms with Crippen molar-refractivity contribution in [2.45, 2.75) is 11.8 Å². The van der Waals surface area contributed by atoms with Crippen molar-refractivity contribution in [3.8, 4) is 17.2 Å². The molecule has 0 bridgehead atoms. The molecule has 0 saturated carbocycles. The molecule has 0 spiro atoms. The Morgan fingerprint density at radius 3 is 2.54 bits per heavy atom. The molecule has 9 heteroatoms. The second-order valence-corrected chi connectivity index (χ2v) is 7.55. The number of rotatable bonds is 5. The standard InChI is InChI=1S/C19H19N3O5S/c1-3-27-18-11-13(4-9-17(18)23)10-16-12(2)21-22(19(16)24)14-5-7-15(8-6-14)28(20,25)26/h4-11,21,23H,2-3H2,1H3,(H2,20,25,26)/b16-10+. The Balaban J connectivity index is 2.08. The Hall–Kier alpha value is -3.30. The van der Waals surface area contributed by atoms with Crippen molar-refractivity contribution in [1.82, 2.24) is 9.78 Å². The van der Waals surface area contributed by atoms with Crippen LogP contribution in [-0.4, -0.2) is 29.9 Å². The van der Waals surface area contributed by atoms with Gasteiger partial charge in [-0.25, -0.2) is 18.2 Å². The van der Waals surface area contributed by atoms with Gasteiger partial charge in [0, 0.05) is 0 Å². The van der Waals surface area contributed by atoms with Crippen molar-refractivity contribution >= 4 is 22.7 Å². The van der Waals surface area contributed by atoms with Crippen LogP contribution in [0.2, 0.25) is 0 Å². The van der Waals surface area contributed by atoms with Gasteiger partial charge < -0.3 is 9.84 Å². The molecule has 1 aromatic heterocycles. The van der Waals surface area contributed by atoms with Crippen LogP contribution in [0.4, 0.5) is 0 Å². The molecule has 146 valence electrons. The first kappa shape index (κ1) is 19.5. The minimum Gasteiger partial charge on any atom is -0.504 e. The highest BCUT2D eigenvalue weighted by molar-refractivity contribution is 7.89. The first-order chi connectivity index (χ1) is 13.2. The Morgan fingerprint density at radius 1 is 1.25 bits per heavy atom. The van der Waals surface area contributed by atoms with E-state index in [2.05, 4.69) is 11.7 Å². The maximum Gasteiger partial charge on any atom is 0.279 e. The summed E-state index contributed by atoms with van der Waals surface area (Å²) in [6.45, 7) is 6.05. The molecule has 0 unspecified atom stereocenters. The highest BCUT2D eigenvalue weighted by atomic mass is 32.2. The molecular weight excluding hydrogens is 382 g/mol. The number of H-pyrrole nitrogens is 1. The third kappa shape index (κ3) is 3.85. The lowest BCUT2D eigenvalue weighted by Gasteiger charge is -2.05. The fourth-order valence-electron chi connectivity index (χ4n) is 2.67. The van der Waals surface area contributed by atoms with Gasteiger partial charge in [0.1, 0.15) is 0 Å². The number of phenols is 1. The molecule has 3 rings (SSSR count). The lowest BCUT2D eigenvalue weighted by molar-refractivity contribution is 0.318. The molecule has 0 aliphatic rings. The van der Waals surface area contributed by atoms with Gasteiger partial charge in [0.05, 0.1) is 27.8 Å². The molecule has 0 aliphatic heterocycles. The number of primary sulfonamides is 1. The molecule has 28 heavy (non-hydrogen) atoms. The highest BCUT2D eigenvalue weighted by Gasteiger charge is 2.10.